The molecule has 2 amide bonds. The van der Waals surface area contributed by atoms with Gasteiger partial charge < -0.3 is 10.6 Å². The Morgan fingerprint density at radius 2 is 1.48 bits per heavy atom. The number of rotatable bonds is 6. The Bertz CT molecular complexity index is 951. The summed E-state index contributed by atoms with van der Waals surface area (Å²) in [5.74, 6) is -0.201. The van der Waals surface area contributed by atoms with Crippen molar-refractivity contribution in [2.24, 2.45) is 0 Å². The summed E-state index contributed by atoms with van der Waals surface area (Å²) >= 11 is 0. The average Bonchev–Trinajstić information content (AvgIpc) is 2.62. The third-order valence-corrected chi connectivity index (χ3v) is 4.17. The number of amides is 2. The molecular formula is C22H23N3O2. The third-order valence-electron chi connectivity index (χ3n) is 4.17. The molecule has 0 spiro atoms. The zero-order chi connectivity index (χ0) is 19.2. The van der Waals surface area contributed by atoms with E-state index in [-0.39, 0.29) is 11.8 Å². The Balaban J connectivity index is 1.54. The lowest BCUT2D eigenvalue weighted by Crippen LogP contribution is -2.29. The Labute approximate surface area is 159 Å². The fourth-order valence-electron chi connectivity index (χ4n) is 2.99. The quantitative estimate of drug-likeness (QED) is 0.701. The van der Waals surface area contributed by atoms with Gasteiger partial charge in [-0.15, -0.1) is 0 Å². The van der Waals surface area contributed by atoms with Gasteiger partial charge in [-0.05, 0) is 53.7 Å². The number of nitrogens with one attached hydrogen (secondary N) is 2. The van der Waals surface area contributed by atoms with Gasteiger partial charge in [0, 0.05) is 24.8 Å². The second kappa shape index (κ2) is 8.47. The minimum atomic E-state index is -0.123. The van der Waals surface area contributed by atoms with Gasteiger partial charge in [-0.25, -0.2) is 0 Å². The summed E-state index contributed by atoms with van der Waals surface area (Å²) in [6.07, 6.45) is 0. The largest absolute Gasteiger partial charge is 0.326 e. The SMILES string of the molecule is CC(=O)Nc1ccc(NC(=O)CN(C)Cc2ccc3ccccc3c2)cc1. The number of hydrogen-bond acceptors (Lipinski definition) is 3. The van der Waals surface area contributed by atoms with Gasteiger partial charge in [-0.1, -0.05) is 36.4 Å². The molecule has 27 heavy (non-hydrogen) atoms. The van der Waals surface area contributed by atoms with Gasteiger partial charge in [0.05, 0.1) is 6.54 Å². The number of likely N-dealkylation sites (N-methyl/N-ethyl adjacent to an activating group) is 1. The van der Waals surface area contributed by atoms with E-state index in [0.29, 0.717) is 24.5 Å². The minimum Gasteiger partial charge on any atom is -0.326 e. The smallest absolute Gasteiger partial charge is 0.238 e. The number of benzene rings is 3. The maximum absolute atomic E-state index is 12.3. The van der Waals surface area contributed by atoms with Gasteiger partial charge in [0.1, 0.15) is 0 Å². The molecule has 0 heterocycles. The standard InChI is InChI=1S/C22H23N3O2/c1-16(26)23-20-9-11-21(12-10-20)24-22(27)15-25(2)14-17-7-8-18-5-3-4-6-19(18)13-17/h3-13H,14-15H2,1-2H3,(H,23,26)(H,24,27). The van der Waals surface area contributed by atoms with Gasteiger partial charge in [-0.2, -0.15) is 0 Å². The Morgan fingerprint density at radius 1 is 0.852 bits per heavy atom. The van der Waals surface area contributed by atoms with Crippen LogP contribution in [-0.4, -0.2) is 30.3 Å². The van der Waals surface area contributed by atoms with E-state index in [1.165, 1.54) is 23.3 Å². The zero-order valence-corrected chi connectivity index (χ0v) is 15.5. The fourth-order valence-corrected chi connectivity index (χ4v) is 2.99. The van der Waals surface area contributed by atoms with Gasteiger partial charge in [0.2, 0.25) is 11.8 Å². The monoisotopic (exact) mass is 361 g/mol. The van der Waals surface area contributed by atoms with E-state index in [4.69, 9.17) is 0 Å². The van der Waals surface area contributed by atoms with Crippen molar-refractivity contribution in [2.45, 2.75) is 13.5 Å². The summed E-state index contributed by atoms with van der Waals surface area (Å²) in [6, 6.07) is 21.7. The normalized spacial score (nSPS) is 10.8. The van der Waals surface area contributed by atoms with Crippen LogP contribution in [0.3, 0.4) is 0 Å². The van der Waals surface area contributed by atoms with Crippen LogP contribution >= 0.6 is 0 Å². The van der Waals surface area contributed by atoms with Gasteiger partial charge >= 0.3 is 0 Å². The molecule has 3 rings (SSSR count). The molecule has 3 aromatic carbocycles. The van der Waals surface area contributed by atoms with E-state index in [2.05, 4.69) is 41.0 Å². The number of carbonyl (C=O) groups excluding carboxylic acids is 2. The molecule has 0 unspecified atom stereocenters. The highest BCUT2D eigenvalue weighted by molar-refractivity contribution is 5.93. The van der Waals surface area contributed by atoms with E-state index in [0.717, 1.165) is 0 Å². The van der Waals surface area contributed by atoms with Gasteiger partial charge in [-0.3, -0.25) is 14.5 Å². The number of nitrogens with zero attached hydrogens (tertiary/aromatic N) is 1. The van der Waals surface area contributed by atoms with E-state index >= 15 is 0 Å². The molecule has 0 saturated carbocycles. The van der Waals surface area contributed by atoms with Crippen LogP contribution in [0.1, 0.15) is 12.5 Å². The van der Waals surface area contributed by atoms with E-state index in [9.17, 15) is 9.59 Å². The number of carbonyl (C=O) groups is 2. The summed E-state index contributed by atoms with van der Waals surface area (Å²) in [7, 11) is 1.93. The zero-order valence-electron chi connectivity index (χ0n) is 15.5. The van der Waals surface area contributed by atoms with Crippen molar-refractivity contribution in [1.82, 2.24) is 4.90 Å². The topological polar surface area (TPSA) is 61.4 Å². The van der Waals surface area contributed by atoms with Crippen molar-refractivity contribution in [3.05, 3.63) is 72.3 Å². The molecule has 0 radical (unpaired) electrons. The molecule has 0 bridgehead atoms. The second-order valence-corrected chi connectivity index (χ2v) is 6.66. The van der Waals surface area contributed by atoms with Crippen LogP contribution in [0.4, 0.5) is 11.4 Å². The summed E-state index contributed by atoms with van der Waals surface area (Å²) in [6.45, 7) is 2.45. The van der Waals surface area contributed by atoms with Crippen LogP contribution in [0.5, 0.6) is 0 Å². The first-order valence-corrected chi connectivity index (χ1v) is 8.83. The van der Waals surface area contributed by atoms with Crippen LogP contribution in [0.25, 0.3) is 10.8 Å². The van der Waals surface area contributed by atoms with Crippen molar-refractivity contribution in [2.75, 3.05) is 24.2 Å². The van der Waals surface area contributed by atoms with Crippen LogP contribution in [-0.2, 0) is 16.1 Å². The molecule has 5 heteroatoms. The Kier molecular flexibility index (Phi) is 5.84. The van der Waals surface area contributed by atoms with Crippen LogP contribution in [0.15, 0.2) is 66.7 Å². The lowest BCUT2D eigenvalue weighted by molar-refractivity contribution is -0.117. The van der Waals surface area contributed by atoms with Crippen molar-refractivity contribution < 1.29 is 9.59 Å². The average molecular weight is 361 g/mol. The van der Waals surface area contributed by atoms with Gasteiger partial charge in [0.15, 0.2) is 0 Å². The number of fused-ring (bicyclic) bond motifs is 1. The third kappa shape index (κ3) is 5.39. The highest BCUT2D eigenvalue weighted by Gasteiger charge is 2.08. The molecule has 3 aromatic rings. The van der Waals surface area contributed by atoms with E-state index in [1.54, 1.807) is 24.3 Å². The summed E-state index contributed by atoms with van der Waals surface area (Å²) in [5.41, 5.74) is 2.57. The van der Waals surface area contributed by atoms with Crippen molar-refractivity contribution in [1.29, 1.82) is 0 Å². The lowest BCUT2D eigenvalue weighted by Gasteiger charge is -2.17. The molecule has 0 aliphatic rings. The first kappa shape index (κ1) is 18.6. The van der Waals surface area contributed by atoms with E-state index < -0.39 is 0 Å². The molecule has 0 aliphatic heterocycles. The van der Waals surface area contributed by atoms with Gasteiger partial charge in [0.25, 0.3) is 0 Å². The minimum absolute atomic E-state index is 0.0782. The van der Waals surface area contributed by atoms with Crippen LogP contribution in [0.2, 0.25) is 0 Å². The predicted octanol–water partition coefficient (Wildman–Crippen LogP) is 3.87. The molecule has 0 atom stereocenters. The summed E-state index contributed by atoms with van der Waals surface area (Å²) in [4.78, 5) is 25.3. The maximum Gasteiger partial charge on any atom is 0.238 e. The highest BCUT2D eigenvalue weighted by Crippen LogP contribution is 2.17. The Hall–Kier alpha value is -3.18. The second-order valence-electron chi connectivity index (χ2n) is 6.66. The molecule has 0 aliphatic carbocycles. The first-order valence-electron chi connectivity index (χ1n) is 8.83. The first-order chi connectivity index (χ1) is 13.0. The Morgan fingerprint density at radius 3 is 2.15 bits per heavy atom. The summed E-state index contributed by atoms with van der Waals surface area (Å²) in [5, 5.41) is 7.99. The molecule has 5 nitrogen and oxygen atoms in total. The lowest BCUT2D eigenvalue weighted by atomic mass is 10.1. The molecule has 0 fully saturated rings. The summed E-state index contributed by atoms with van der Waals surface area (Å²) < 4.78 is 0. The molecule has 2 N–H and O–H groups in total. The molecule has 0 aromatic heterocycles. The predicted molar refractivity (Wildman–Crippen MR) is 110 cm³/mol. The molecule has 138 valence electrons. The van der Waals surface area contributed by atoms with Crippen molar-refractivity contribution in [3.8, 4) is 0 Å². The number of anilines is 2. The molecule has 0 saturated heterocycles. The van der Waals surface area contributed by atoms with E-state index in [1.807, 2.05) is 24.1 Å². The maximum atomic E-state index is 12.3. The van der Waals surface area contributed by atoms with Crippen molar-refractivity contribution in [3.63, 3.8) is 0 Å². The molecular weight excluding hydrogens is 338 g/mol. The van der Waals surface area contributed by atoms with Crippen LogP contribution < -0.4 is 10.6 Å². The fraction of sp³-hybridized carbons (Fsp3) is 0.182. The van der Waals surface area contributed by atoms with Crippen LogP contribution in [0, 0.1) is 0 Å². The highest BCUT2D eigenvalue weighted by atomic mass is 16.2. The van der Waals surface area contributed by atoms with Crippen molar-refractivity contribution >= 4 is 34.0 Å². The number of hydrogen-bond donors (Lipinski definition) is 2.